The first-order chi connectivity index (χ1) is 22.6. The summed E-state index contributed by atoms with van der Waals surface area (Å²) in [7, 11) is 1.28. The van der Waals surface area contributed by atoms with Crippen LogP contribution in [0.15, 0.2) is 69.6 Å². The van der Waals surface area contributed by atoms with Crippen LogP contribution in [0.3, 0.4) is 0 Å². The van der Waals surface area contributed by atoms with Crippen LogP contribution in [-0.2, 0) is 25.5 Å². The van der Waals surface area contributed by atoms with Crippen molar-refractivity contribution in [2.24, 2.45) is 4.99 Å². The summed E-state index contributed by atoms with van der Waals surface area (Å²) in [6.07, 6.45) is 2.85. The number of carbonyl (C=O) groups excluding carboxylic acids is 2. The van der Waals surface area contributed by atoms with Gasteiger partial charge in [-0.05, 0) is 94.1 Å². The maximum Gasteiger partial charge on any atom is 0.343 e. The number of thiazole rings is 1. The van der Waals surface area contributed by atoms with Crippen LogP contribution in [0.25, 0.3) is 11.8 Å². The Morgan fingerprint density at radius 3 is 2.36 bits per heavy atom. The van der Waals surface area contributed by atoms with E-state index in [4.69, 9.17) is 23.9 Å². The van der Waals surface area contributed by atoms with Gasteiger partial charge < -0.3 is 23.5 Å². The average Bonchev–Trinajstić information content (AvgIpc) is 3.52. The van der Waals surface area contributed by atoms with Gasteiger partial charge in [0.15, 0.2) is 22.9 Å². The van der Waals surface area contributed by atoms with Crippen molar-refractivity contribution in [1.82, 2.24) is 9.13 Å². The van der Waals surface area contributed by atoms with Gasteiger partial charge in [0.1, 0.15) is 0 Å². The van der Waals surface area contributed by atoms with Crippen LogP contribution in [0, 0.1) is 13.8 Å². The molecule has 0 fully saturated rings. The van der Waals surface area contributed by atoms with Gasteiger partial charge in [-0.2, -0.15) is 0 Å². The first kappa shape index (κ1) is 33.5. The maximum absolute atomic E-state index is 14.3. The van der Waals surface area contributed by atoms with Crippen molar-refractivity contribution in [2.75, 3.05) is 26.9 Å². The lowest BCUT2D eigenvalue weighted by Crippen LogP contribution is -2.40. The molecular formula is C36H39N3O7S. The van der Waals surface area contributed by atoms with Crippen molar-refractivity contribution in [2.45, 2.75) is 54.0 Å². The molecule has 2 aromatic carbocycles. The summed E-state index contributed by atoms with van der Waals surface area (Å²) in [5, 5.41) is 0. The molecule has 0 unspecified atom stereocenters. The molecule has 0 spiro atoms. The van der Waals surface area contributed by atoms with E-state index in [1.54, 1.807) is 36.6 Å². The number of esters is 2. The summed E-state index contributed by atoms with van der Waals surface area (Å²) in [4.78, 5) is 44.5. The van der Waals surface area contributed by atoms with Crippen molar-refractivity contribution >= 4 is 29.4 Å². The van der Waals surface area contributed by atoms with Crippen molar-refractivity contribution in [3.05, 3.63) is 108 Å². The second kappa shape index (κ2) is 14.3. The lowest BCUT2D eigenvalue weighted by molar-refractivity contribution is -0.143. The van der Waals surface area contributed by atoms with Crippen molar-refractivity contribution in [3.8, 4) is 17.2 Å². The maximum atomic E-state index is 14.3. The number of hydrogen-bond donors (Lipinski definition) is 0. The molecule has 246 valence electrons. The van der Waals surface area contributed by atoms with Gasteiger partial charge >= 0.3 is 11.9 Å². The van der Waals surface area contributed by atoms with Crippen molar-refractivity contribution in [3.63, 3.8) is 0 Å². The van der Waals surface area contributed by atoms with E-state index in [-0.39, 0.29) is 24.3 Å². The fourth-order valence-corrected chi connectivity index (χ4v) is 6.78. The lowest BCUT2D eigenvalue weighted by atomic mass is 9.95. The number of ether oxygens (including phenoxy) is 4. The predicted octanol–water partition coefficient (Wildman–Crippen LogP) is 4.72. The van der Waals surface area contributed by atoms with Crippen LogP contribution < -0.4 is 24.4 Å². The molecule has 1 aliphatic heterocycles. The molecule has 3 heterocycles. The highest BCUT2D eigenvalue weighted by Gasteiger charge is 2.34. The number of allylic oxidation sites excluding steroid dienone is 1. The summed E-state index contributed by atoms with van der Waals surface area (Å²) in [5.74, 6) is -0.420. The zero-order valence-electron chi connectivity index (χ0n) is 27.7. The van der Waals surface area contributed by atoms with Crippen LogP contribution in [-0.4, -0.2) is 48.0 Å². The second-order valence-electron chi connectivity index (χ2n) is 11.0. The molecule has 0 N–H and O–H groups in total. The number of methoxy groups -OCH3 is 1. The van der Waals surface area contributed by atoms with E-state index in [9.17, 15) is 14.4 Å². The Balaban J connectivity index is 1.65. The minimum atomic E-state index is -0.842. The average molecular weight is 658 g/mol. The zero-order chi connectivity index (χ0) is 33.8. The monoisotopic (exact) mass is 657 g/mol. The molecule has 4 aromatic rings. The number of rotatable bonds is 11. The highest BCUT2D eigenvalue weighted by Crippen LogP contribution is 2.36. The third kappa shape index (κ3) is 6.66. The number of aromatic nitrogens is 2. The third-order valence-electron chi connectivity index (χ3n) is 8.03. The number of nitrogens with zero attached hydrogens (tertiary/aromatic N) is 3. The standard InChI is InChI=1S/C36H39N3O7S/c1-8-24-11-14-27(15-12-24)38-21(4)17-26(23(38)6)19-30-34(41)39-33(32(35(42)45-10-3)22(5)37-36(39)47-30)25-13-16-28(29(18-25)44-9-2)46-20-31(40)43-7/h11-19,33H,8-10,20H2,1-7H3/b30-19-/t33-/m1/s1. The first-order valence-corrected chi connectivity index (χ1v) is 16.4. The van der Waals surface area contributed by atoms with Gasteiger partial charge in [-0.1, -0.05) is 36.5 Å². The summed E-state index contributed by atoms with van der Waals surface area (Å²) >= 11 is 1.27. The Morgan fingerprint density at radius 1 is 0.957 bits per heavy atom. The second-order valence-corrected chi connectivity index (χ2v) is 12.0. The molecule has 1 aliphatic rings. The van der Waals surface area contributed by atoms with Crippen LogP contribution >= 0.6 is 11.3 Å². The summed E-state index contributed by atoms with van der Waals surface area (Å²) < 4.78 is 25.8. The Labute approximate surface area is 277 Å². The molecule has 0 saturated heterocycles. The minimum Gasteiger partial charge on any atom is -0.490 e. The van der Waals surface area contributed by atoms with Gasteiger partial charge in [0.2, 0.25) is 0 Å². The zero-order valence-corrected chi connectivity index (χ0v) is 28.5. The molecule has 47 heavy (non-hydrogen) atoms. The quantitative estimate of drug-likeness (QED) is 0.215. The number of fused-ring (bicyclic) bond motifs is 1. The molecule has 2 aromatic heterocycles. The Kier molecular flexibility index (Phi) is 10.1. The SMILES string of the molecule is CCOC(=O)C1=C(C)N=c2s/c(=C\c3cc(C)n(-c4ccc(CC)cc4)c3C)c(=O)n2[C@@H]1c1ccc(OCC(=O)OC)c(OCC)c1. The molecule has 0 saturated carbocycles. The van der Waals surface area contributed by atoms with Crippen LogP contribution in [0.1, 0.15) is 61.8 Å². The van der Waals surface area contributed by atoms with Crippen LogP contribution in [0.4, 0.5) is 0 Å². The Morgan fingerprint density at radius 2 is 1.70 bits per heavy atom. The largest absolute Gasteiger partial charge is 0.490 e. The van der Waals surface area contributed by atoms with E-state index in [0.29, 0.717) is 38.7 Å². The number of carbonyl (C=O) groups is 2. The summed E-state index contributed by atoms with van der Waals surface area (Å²) in [5.41, 5.74) is 6.30. The predicted molar refractivity (Wildman–Crippen MR) is 180 cm³/mol. The molecular weight excluding hydrogens is 618 g/mol. The molecule has 11 heteroatoms. The molecule has 10 nitrogen and oxygen atoms in total. The topological polar surface area (TPSA) is 110 Å². The highest BCUT2D eigenvalue weighted by molar-refractivity contribution is 7.07. The smallest absolute Gasteiger partial charge is 0.343 e. The molecule has 0 bridgehead atoms. The van der Waals surface area contributed by atoms with E-state index in [1.807, 2.05) is 26.8 Å². The number of hydrogen-bond acceptors (Lipinski definition) is 9. The van der Waals surface area contributed by atoms with E-state index in [0.717, 1.165) is 29.1 Å². The lowest BCUT2D eigenvalue weighted by Gasteiger charge is -2.25. The molecule has 0 amide bonds. The Hall–Kier alpha value is -4.90. The Bertz CT molecular complexity index is 2030. The van der Waals surface area contributed by atoms with Gasteiger partial charge in [0, 0.05) is 17.1 Å². The summed E-state index contributed by atoms with van der Waals surface area (Å²) in [6.45, 7) is 11.7. The van der Waals surface area contributed by atoms with E-state index < -0.39 is 18.0 Å². The van der Waals surface area contributed by atoms with Crippen molar-refractivity contribution in [1.29, 1.82) is 0 Å². The third-order valence-corrected chi connectivity index (χ3v) is 9.02. The molecule has 0 aliphatic carbocycles. The normalized spacial score (nSPS) is 14.4. The summed E-state index contributed by atoms with van der Waals surface area (Å²) in [6, 6.07) is 14.8. The van der Waals surface area contributed by atoms with Gasteiger partial charge in [-0.3, -0.25) is 9.36 Å². The van der Waals surface area contributed by atoms with Gasteiger partial charge in [0.05, 0.1) is 42.2 Å². The van der Waals surface area contributed by atoms with Gasteiger partial charge in [0.25, 0.3) is 5.56 Å². The number of benzene rings is 2. The van der Waals surface area contributed by atoms with E-state index >= 15 is 0 Å². The molecule has 5 rings (SSSR count). The van der Waals surface area contributed by atoms with Crippen molar-refractivity contribution < 1.29 is 28.5 Å². The van der Waals surface area contributed by atoms with Gasteiger partial charge in [-0.25, -0.2) is 14.6 Å². The fourth-order valence-electron chi connectivity index (χ4n) is 5.74. The van der Waals surface area contributed by atoms with Gasteiger partial charge in [-0.15, -0.1) is 0 Å². The van der Waals surface area contributed by atoms with Crippen LogP contribution in [0.5, 0.6) is 11.5 Å². The highest BCUT2D eigenvalue weighted by atomic mass is 32.1. The number of aryl methyl sites for hydroxylation is 2. The van der Waals surface area contributed by atoms with Crippen LogP contribution in [0.2, 0.25) is 0 Å². The fraction of sp³-hybridized carbons (Fsp3) is 0.333. The molecule has 0 radical (unpaired) electrons. The van der Waals surface area contributed by atoms with E-state index in [1.165, 1.54) is 24.0 Å². The first-order valence-electron chi connectivity index (χ1n) is 15.6. The molecule has 1 atom stereocenters. The van der Waals surface area contributed by atoms with E-state index in [2.05, 4.69) is 41.8 Å². The minimum absolute atomic E-state index is 0.161.